The second-order valence-electron chi connectivity index (χ2n) is 15.8. The second kappa shape index (κ2) is 15.2. The van der Waals surface area contributed by atoms with Crippen LogP contribution in [0.25, 0.3) is 16.7 Å². The van der Waals surface area contributed by atoms with Crippen molar-refractivity contribution in [3.05, 3.63) is 130 Å². The summed E-state index contributed by atoms with van der Waals surface area (Å²) >= 11 is 0. The molecule has 0 aromatic heterocycles. The summed E-state index contributed by atoms with van der Waals surface area (Å²) in [7, 11) is 0. The number of aromatic hydroxyl groups is 1. The molecular formula is C47H50O7. The Balaban J connectivity index is 1.29. The number of aliphatic hydroxyl groups excluding tert-OH is 2. The lowest BCUT2D eigenvalue weighted by Crippen LogP contribution is -2.52. The van der Waals surface area contributed by atoms with Crippen LogP contribution >= 0.6 is 0 Å². The van der Waals surface area contributed by atoms with Gasteiger partial charge >= 0.3 is 11.9 Å². The highest BCUT2D eigenvalue weighted by Gasteiger charge is 2.68. The van der Waals surface area contributed by atoms with Gasteiger partial charge in [0.05, 0.1) is 11.0 Å². The second-order valence-corrected chi connectivity index (χ2v) is 15.8. The Morgan fingerprint density at radius 3 is 2.41 bits per heavy atom. The summed E-state index contributed by atoms with van der Waals surface area (Å²) in [6, 6.07) is 25.9. The summed E-state index contributed by atoms with van der Waals surface area (Å²) in [4.78, 5) is 28.8. The van der Waals surface area contributed by atoms with Crippen molar-refractivity contribution in [3.63, 3.8) is 0 Å². The highest BCUT2D eigenvalue weighted by Crippen LogP contribution is 2.72. The Morgan fingerprint density at radius 2 is 1.67 bits per heavy atom. The van der Waals surface area contributed by atoms with Gasteiger partial charge in [-0.2, -0.15) is 0 Å². The summed E-state index contributed by atoms with van der Waals surface area (Å²) in [6.45, 7) is 2.32. The molecule has 280 valence electrons. The fourth-order valence-corrected chi connectivity index (χ4v) is 10.4. The van der Waals surface area contributed by atoms with E-state index in [9.17, 15) is 24.9 Å². The standard InChI is InChI=1S/C47H50O7/c1-2-29(25-30-11-5-3-6-12-30)26-40-47-23-22-35(41(44(47)46(52)54-40)38-27-33(50)17-18-34(38)32-14-7-4-8-15-32)36-19-20-37-39(53-45(51)42(37)43(36)47)21-16-31(28-49)13-9-10-24-48/h3-8,11-12,14-15,17-18,21,26-27,29,31,35-36,43,48-50H,2,9-10,13,16,19-20,22-25,28H2,1H3/t29-,31+,35+,36+,43+,47+/m0/s1. The van der Waals surface area contributed by atoms with Crippen molar-refractivity contribution in [1.29, 1.82) is 0 Å². The zero-order chi connectivity index (χ0) is 37.4. The predicted octanol–water partition coefficient (Wildman–Crippen LogP) is 8.86. The fourth-order valence-electron chi connectivity index (χ4n) is 10.4. The Morgan fingerprint density at radius 1 is 0.889 bits per heavy atom. The molecule has 0 unspecified atom stereocenters. The third-order valence-electron chi connectivity index (χ3n) is 12.9. The van der Waals surface area contributed by atoms with Crippen molar-refractivity contribution in [2.75, 3.05) is 13.2 Å². The van der Waals surface area contributed by atoms with E-state index in [0.717, 1.165) is 66.4 Å². The molecule has 1 saturated heterocycles. The molecule has 1 spiro atoms. The number of phenolic OH excluding ortho intramolecular Hbond substituents is 1. The van der Waals surface area contributed by atoms with Gasteiger partial charge in [0.15, 0.2) is 0 Å². The van der Waals surface area contributed by atoms with Crippen molar-refractivity contribution in [3.8, 4) is 16.9 Å². The van der Waals surface area contributed by atoms with Crippen LogP contribution in [0.3, 0.4) is 0 Å². The normalized spacial score (nSPS) is 26.8. The Hall–Kier alpha value is -4.72. The van der Waals surface area contributed by atoms with Crippen molar-refractivity contribution in [1.82, 2.24) is 0 Å². The average Bonchev–Trinajstić information content (AvgIpc) is 3.68. The lowest BCUT2D eigenvalue weighted by Gasteiger charge is -2.56. The van der Waals surface area contributed by atoms with Crippen molar-refractivity contribution in [2.45, 2.75) is 71.1 Å². The summed E-state index contributed by atoms with van der Waals surface area (Å²) in [6.07, 6.45) is 11.7. The zero-order valence-electron chi connectivity index (χ0n) is 31.0. The van der Waals surface area contributed by atoms with E-state index in [-0.39, 0.29) is 60.5 Å². The largest absolute Gasteiger partial charge is 0.508 e. The summed E-state index contributed by atoms with van der Waals surface area (Å²) in [5, 5.41) is 30.3. The molecule has 2 aliphatic heterocycles. The molecule has 9 rings (SSSR count). The van der Waals surface area contributed by atoms with Gasteiger partial charge in [-0.3, -0.25) is 0 Å². The Labute approximate surface area is 317 Å². The van der Waals surface area contributed by atoms with E-state index in [1.807, 2.05) is 54.6 Å². The number of allylic oxidation sites excluding steroid dienone is 5. The molecule has 0 radical (unpaired) electrons. The van der Waals surface area contributed by atoms with Gasteiger partial charge < -0.3 is 24.8 Å². The zero-order valence-corrected chi connectivity index (χ0v) is 31.0. The van der Waals surface area contributed by atoms with E-state index in [2.05, 4.69) is 37.3 Å². The molecular weight excluding hydrogens is 677 g/mol. The number of aliphatic hydroxyl groups is 2. The highest BCUT2D eigenvalue weighted by atomic mass is 16.5. The smallest absolute Gasteiger partial charge is 0.340 e. The van der Waals surface area contributed by atoms with Crippen molar-refractivity contribution in [2.24, 2.45) is 35.0 Å². The van der Waals surface area contributed by atoms with Crippen LogP contribution in [-0.2, 0) is 25.5 Å². The van der Waals surface area contributed by atoms with Gasteiger partial charge in [-0.25, -0.2) is 9.59 Å². The molecule has 3 N–H and O–H groups in total. The molecule has 2 fully saturated rings. The van der Waals surface area contributed by atoms with Crippen LogP contribution in [0.1, 0.15) is 75.8 Å². The third kappa shape index (κ3) is 6.25. The highest BCUT2D eigenvalue weighted by molar-refractivity contribution is 6.07. The molecule has 7 heteroatoms. The number of fused-ring (bicyclic) bond motifs is 1. The molecule has 0 amide bonds. The Bertz CT molecular complexity index is 2040. The van der Waals surface area contributed by atoms with Crippen LogP contribution in [-0.4, -0.2) is 40.5 Å². The number of phenols is 1. The maximum Gasteiger partial charge on any atom is 0.340 e. The number of benzene rings is 3. The lowest BCUT2D eigenvalue weighted by molar-refractivity contribution is -0.135. The van der Waals surface area contributed by atoms with E-state index >= 15 is 0 Å². The first kappa shape index (κ1) is 36.3. The first-order valence-corrected chi connectivity index (χ1v) is 19.9. The Kier molecular flexibility index (Phi) is 10.2. The number of carbonyl (C=O) groups is 2. The molecule has 2 heterocycles. The number of rotatable bonds is 13. The fraction of sp³-hybridized carbons (Fsp3) is 0.404. The van der Waals surface area contributed by atoms with Gasteiger partial charge in [0, 0.05) is 30.3 Å². The SMILES string of the molecule is CC[C@H](C=C1OC(=O)C2=C(c3cc(O)ccc3-c3ccccc3)[C@@H]3CC[C@]12[C@H]1C2=C(CC[C@H]31)C(=CC[C@H](CO)CCCCO)OC2=O)Cc1ccccc1. The first-order valence-electron chi connectivity index (χ1n) is 19.9. The molecule has 4 aliphatic carbocycles. The summed E-state index contributed by atoms with van der Waals surface area (Å²) in [5.41, 5.74) is 6.35. The van der Waals surface area contributed by atoms with E-state index in [0.29, 0.717) is 48.3 Å². The third-order valence-corrected chi connectivity index (χ3v) is 12.9. The van der Waals surface area contributed by atoms with E-state index in [4.69, 9.17) is 9.47 Å². The average molecular weight is 727 g/mol. The van der Waals surface area contributed by atoms with Crippen LogP contribution < -0.4 is 0 Å². The van der Waals surface area contributed by atoms with Crippen LogP contribution in [0, 0.1) is 35.0 Å². The maximum absolute atomic E-state index is 14.6. The number of cyclic esters (lactones) is 2. The number of unbranched alkanes of at least 4 members (excludes halogenated alkanes) is 1. The number of hydrogen-bond donors (Lipinski definition) is 3. The summed E-state index contributed by atoms with van der Waals surface area (Å²) < 4.78 is 12.6. The number of carbonyl (C=O) groups excluding carboxylic acids is 2. The van der Waals surface area contributed by atoms with Gasteiger partial charge in [-0.15, -0.1) is 0 Å². The first-order chi connectivity index (χ1) is 26.4. The van der Waals surface area contributed by atoms with Gasteiger partial charge in [0.2, 0.25) is 0 Å². The van der Waals surface area contributed by atoms with E-state index in [1.165, 1.54) is 5.56 Å². The predicted molar refractivity (Wildman–Crippen MR) is 207 cm³/mol. The number of ether oxygens (including phenoxy) is 2. The summed E-state index contributed by atoms with van der Waals surface area (Å²) in [5.74, 6) is 0.545. The monoisotopic (exact) mass is 726 g/mol. The molecule has 3 aromatic carbocycles. The van der Waals surface area contributed by atoms with Crippen LogP contribution in [0.2, 0.25) is 0 Å². The van der Waals surface area contributed by atoms with Gasteiger partial charge in [0.25, 0.3) is 0 Å². The minimum absolute atomic E-state index is 0.0113. The minimum Gasteiger partial charge on any atom is -0.508 e. The minimum atomic E-state index is -0.858. The van der Waals surface area contributed by atoms with Gasteiger partial charge in [0.1, 0.15) is 17.3 Å². The molecule has 2 bridgehead atoms. The maximum atomic E-state index is 14.6. The molecule has 1 saturated carbocycles. The number of hydrogen-bond acceptors (Lipinski definition) is 7. The van der Waals surface area contributed by atoms with Gasteiger partial charge in [-0.1, -0.05) is 80.1 Å². The molecule has 54 heavy (non-hydrogen) atoms. The van der Waals surface area contributed by atoms with Crippen LogP contribution in [0.4, 0.5) is 0 Å². The number of esters is 2. The van der Waals surface area contributed by atoms with Crippen molar-refractivity contribution < 1.29 is 34.4 Å². The topological polar surface area (TPSA) is 113 Å². The van der Waals surface area contributed by atoms with Crippen molar-refractivity contribution >= 4 is 17.5 Å². The van der Waals surface area contributed by atoms with Crippen LogP contribution in [0.15, 0.2) is 119 Å². The van der Waals surface area contributed by atoms with E-state index < -0.39 is 5.41 Å². The quantitative estimate of drug-likeness (QED) is 0.119. The molecule has 7 nitrogen and oxygen atoms in total. The van der Waals surface area contributed by atoms with E-state index in [1.54, 1.807) is 6.07 Å². The van der Waals surface area contributed by atoms with Gasteiger partial charge in [-0.05, 0) is 134 Å². The van der Waals surface area contributed by atoms with Crippen LogP contribution in [0.5, 0.6) is 5.75 Å². The molecule has 6 atom stereocenters. The lowest BCUT2D eigenvalue weighted by atomic mass is 9.44. The molecule has 6 aliphatic rings. The molecule has 3 aromatic rings.